The molecule has 2 aromatic rings. The van der Waals surface area contributed by atoms with Gasteiger partial charge < -0.3 is 15.1 Å². The number of nitrogens with zero attached hydrogens (tertiary/aromatic N) is 5. The van der Waals surface area contributed by atoms with Crippen LogP contribution in [0.1, 0.15) is 18.4 Å². The van der Waals surface area contributed by atoms with Crippen LogP contribution in [0.2, 0.25) is 5.02 Å². The first-order valence-corrected chi connectivity index (χ1v) is 9.89. The highest BCUT2D eigenvalue weighted by atomic mass is 127. The van der Waals surface area contributed by atoms with Crippen molar-refractivity contribution in [1.29, 1.82) is 0 Å². The van der Waals surface area contributed by atoms with Gasteiger partial charge in [-0.25, -0.2) is 0 Å². The van der Waals surface area contributed by atoms with Crippen molar-refractivity contribution >= 4 is 53.1 Å². The topological polar surface area (TPSA) is 65.8 Å². The summed E-state index contributed by atoms with van der Waals surface area (Å²) in [5, 5.41) is 8.41. The number of carbonyl (C=O) groups is 1. The predicted molar refractivity (Wildman–Crippen MR) is 126 cm³/mol. The van der Waals surface area contributed by atoms with E-state index in [-0.39, 0.29) is 35.3 Å². The number of amides is 1. The second kappa shape index (κ2) is 8.91. The fourth-order valence-corrected chi connectivity index (χ4v) is 3.90. The molecule has 1 aromatic carbocycles. The zero-order valence-corrected chi connectivity index (χ0v) is 19.7. The van der Waals surface area contributed by atoms with E-state index in [1.165, 1.54) is 5.56 Å². The molecule has 0 unspecified atom stereocenters. The first-order valence-electron chi connectivity index (χ1n) is 9.51. The Bertz CT molecular complexity index is 893. The van der Waals surface area contributed by atoms with Crippen molar-refractivity contribution in [3.63, 3.8) is 0 Å². The summed E-state index contributed by atoms with van der Waals surface area (Å²) in [7, 11) is 3.62. The number of rotatable bonds is 4. The molecular weight excluding hydrogens is 503 g/mol. The summed E-state index contributed by atoms with van der Waals surface area (Å²) in [4.78, 5) is 20.9. The Morgan fingerprint density at radius 3 is 2.55 bits per heavy atom. The Labute approximate surface area is 193 Å². The number of hydrogen-bond donors (Lipinski definition) is 1. The van der Waals surface area contributed by atoms with Crippen molar-refractivity contribution < 1.29 is 4.79 Å². The third-order valence-electron chi connectivity index (χ3n) is 5.63. The monoisotopic (exact) mass is 528 g/mol. The minimum atomic E-state index is 0. The minimum absolute atomic E-state index is 0. The fraction of sp³-hybridized carbons (Fsp3) is 0.450. The third kappa shape index (κ3) is 4.69. The van der Waals surface area contributed by atoms with E-state index in [0.717, 1.165) is 42.6 Å². The zero-order chi connectivity index (χ0) is 19.7. The highest BCUT2D eigenvalue weighted by Crippen LogP contribution is 2.47. The molecule has 0 radical (unpaired) electrons. The molecule has 2 aliphatic rings. The molecule has 0 spiro atoms. The van der Waals surface area contributed by atoms with E-state index in [4.69, 9.17) is 11.6 Å². The lowest BCUT2D eigenvalue weighted by atomic mass is 9.96. The van der Waals surface area contributed by atoms with Crippen molar-refractivity contribution in [3.8, 4) is 0 Å². The van der Waals surface area contributed by atoms with Crippen LogP contribution in [0.15, 0.2) is 41.7 Å². The number of guanidine groups is 1. The van der Waals surface area contributed by atoms with Crippen LogP contribution in [-0.4, -0.2) is 59.8 Å². The lowest BCUT2D eigenvalue weighted by Crippen LogP contribution is -2.56. The number of aryl methyl sites for hydroxylation is 1. The molecule has 2 heterocycles. The van der Waals surface area contributed by atoms with Gasteiger partial charge in [0.15, 0.2) is 5.96 Å². The van der Waals surface area contributed by atoms with Gasteiger partial charge in [0, 0.05) is 50.4 Å². The number of carbonyl (C=O) groups excluding carboxylic acids is 1. The second-order valence-electron chi connectivity index (χ2n) is 7.53. The normalized spacial score (nSPS) is 18.4. The maximum Gasteiger partial charge on any atom is 0.246 e. The molecule has 4 rings (SSSR count). The van der Waals surface area contributed by atoms with E-state index in [0.29, 0.717) is 13.1 Å². The maximum atomic E-state index is 12.7. The molecule has 1 saturated heterocycles. The first kappa shape index (κ1) is 21.9. The van der Waals surface area contributed by atoms with Crippen LogP contribution in [0.5, 0.6) is 0 Å². The quantitative estimate of drug-likeness (QED) is 0.377. The molecule has 1 aliphatic carbocycles. The van der Waals surface area contributed by atoms with E-state index in [1.807, 2.05) is 30.3 Å². The SMILES string of the molecule is CN=C(NCC1(c2ccc(Cl)cc2)CC1)N1CCN(c2cnn(C)c2)C(=O)C1.I. The van der Waals surface area contributed by atoms with Gasteiger partial charge in [-0.05, 0) is 30.5 Å². The number of hydrogen-bond acceptors (Lipinski definition) is 3. The molecular formula is C20H26ClIN6O. The molecule has 7 nitrogen and oxygen atoms in total. The molecule has 1 aromatic heterocycles. The zero-order valence-electron chi connectivity index (χ0n) is 16.6. The average Bonchev–Trinajstić information content (AvgIpc) is 3.36. The van der Waals surface area contributed by atoms with Gasteiger partial charge in [-0.2, -0.15) is 5.10 Å². The third-order valence-corrected chi connectivity index (χ3v) is 5.88. The van der Waals surface area contributed by atoms with E-state index in [2.05, 4.69) is 27.5 Å². The van der Waals surface area contributed by atoms with Crippen LogP contribution in [0.4, 0.5) is 5.69 Å². The van der Waals surface area contributed by atoms with Crippen molar-refractivity contribution in [1.82, 2.24) is 20.0 Å². The van der Waals surface area contributed by atoms with Gasteiger partial charge in [0.25, 0.3) is 0 Å². The first-order chi connectivity index (χ1) is 13.5. The molecule has 0 bridgehead atoms. The molecule has 1 saturated carbocycles. The van der Waals surface area contributed by atoms with Crippen molar-refractivity contribution in [2.75, 3.05) is 38.1 Å². The van der Waals surface area contributed by atoms with E-state index in [1.54, 1.807) is 22.8 Å². The van der Waals surface area contributed by atoms with Crippen LogP contribution >= 0.6 is 35.6 Å². The number of piperazine rings is 1. The average molecular weight is 529 g/mol. The number of aromatic nitrogens is 2. The number of benzene rings is 1. The Morgan fingerprint density at radius 2 is 2.00 bits per heavy atom. The Kier molecular flexibility index (Phi) is 6.72. The minimum Gasteiger partial charge on any atom is -0.355 e. The number of anilines is 1. The summed E-state index contributed by atoms with van der Waals surface area (Å²) in [6.45, 7) is 2.46. The molecule has 1 N–H and O–H groups in total. The second-order valence-corrected chi connectivity index (χ2v) is 7.96. The van der Waals surface area contributed by atoms with Crippen LogP contribution in [0.25, 0.3) is 0 Å². The Balaban J connectivity index is 0.00000240. The summed E-state index contributed by atoms with van der Waals surface area (Å²) < 4.78 is 1.71. The summed E-state index contributed by atoms with van der Waals surface area (Å²) in [5.41, 5.74) is 2.29. The van der Waals surface area contributed by atoms with Gasteiger partial charge in [-0.3, -0.25) is 14.5 Å². The summed E-state index contributed by atoms with van der Waals surface area (Å²) in [5.74, 6) is 0.834. The largest absolute Gasteiger partial charge is 0.355 e. The van der Waals surface area contributed by atoms with Crippen LogP contribution in [0.3, 0.4) is 0 Å². The van der Waals surface area contributed by atoms with Gasteiger partial charge >= 0.3 is 0 Å². The van der Waals surface area contributed by atoms with E-state index in [9.17, 15) is 4.79 Å². The summed E-state index contributed by atoms with van der Waals surface area (Å²) >= 11 is 6.02. The molecule has 9 heteroatoms. The van der Waals surface area contributed by atoms with Gasteiger partial charge in [0.2, 0.25) is 5.91 Å². The summed E-state index contributed by atoms with van der Waals surface area (Å²) in [6.07, 6.45) is 5.88. The van der Waals surface area contributed by atoms with Gasteiger partial charge in [-0.15, -0.1) is 24.0 Å². The van der Waals surface area contributed by atoms with Gasteiger partial charge in [0.05, 0.1) is 11.9 Å². The summed E-state index contributed by atoms with van der Waals surface area (Å²) in [6, 6.07) is 8.11. The molecule has 29 heavy (non-hydrogen) atoms. The number of halogens is 2. The molecule has 1 aliphatic heterocycles. The van der Waals surface area contributed by atoms with Crippen molar-refractivity contribution in [3.05, 3.63) is 47.2 Å². The number of nitrogens with one attached hydrogen (secondary N) is 1. The Hall–Kier alpha value is -1.81. The van der Waals surface area contributed by atoms with Crippen LogP contribution in [0, 0.1) is 0 Å². The molecule has 156 valence electrons. The van der Waals surface area contributed by atoms with Crippen LogP contribution < -0.4 is 10.2 Å². The van der Waals surface area contributed by atoms with Gasteiger partial charge in [-0.1, -0.05) is 23.7 Å². The lowest BCUT2D eigenvalue weighted by molar-refractivity contribution is -0.120. The molecule has 1 amide bonds. The fourth-order valence-electron chi connectivity index (χ4n) is 3.78. The van der Waals surface area contributed by atoms with E-state index < -0.39 is 0 Å². The van der Waals surface area contributed by atoms with Gasteiger partial charge in [0.1, 0.15) is 6.54 Å². The van der Waals surface area contributed by atoms with Crippen molar-refractivity contribution in [2.24, 2.45) is 12.0 Å². The van der Waals surface area contributed by atoms with Crippen LogP contribution in [-0.2, 0) is 17.3 Å². The van der Waals surface area contributed by atoms with E-state index >= 15 is 0 Å². The molecule has 0 atom stereocenters. The molecule has 2 fully saturated rings. The standard InChI is InChI=1S/C20H25ClN6O.HI/c1-22-19(23-14-20(7-8-20)15-3-5-16(21)6-4-15)26-9-10-27(18(28)13-26)17-11-24-25(2)12-17;/h3-6,11-12H,7-10,13-14H2,1-2H3,(H,22,23);1H. The Morgan fingerprint density at radius 1 is 1.28 bits per heavy atom. The van der Waals surface area contributed by atoms with Crippen molar-refractivity contribution in [2.45, 2.75) is 18.3 Å². The smallest absolute Gasteiger partial charge is 0.246 e. The predicted octanol–water partition coefficient (Wildman–Crippen LogP) is 2.65. The maximum absolute atomic E-state index is 12.7. The highest BCUT2D eigenvalue weighted by molar-refractivity contribution is 14.0. The number of aliphatic imine (C=N–C) groups is 1. The highest BCUT2D eigenvalue weighted by Gasteiger charge is 2.44. The lowest BCUT2D eigenvalue weighted by Gasteiger charge is -2.35.